The lowest BCUT2D eigenvalue weighted by atomic mass is 9.83. The molecule has 0 spiro atoms. The number of carbonyl (C=O) groups is 2. The molecule has 0 bridgehead atoms. The van der Waals surface area contributed by atoms with E-state index in [0.29, 0.717) is 13.0 Å². The summed E-state index contributed by atoms with van der Waals surface area (Å²) in [6.45, 7) is 2.19. The molecular formula is C20H26N6O4S. The molecule has 3 atom stereocenters. The summed E-state index contributed by atoms with van der Waals surface area (Å²) in [7, 11) is 1.72. The number of ether oxygens (including phenoxy) is 1. The largest absolute Gasteiger partial charge is 0.483 e. The number of nitrogens with one attached hydrogen (secondary N) is 3. The number of thiazole rings is 1. The van der Waals surface area contributed by atoms with Crippen LogP contribution in [0.3, 0.4) is 0 Å². The van der Waals surface area contributed by atoms with Gasteiger partial charge in [-0.3, -0.25) is 9.59 Å². The van der Waals surface area contributed by atoms with E-state index in [1.807, 2.05) is 24.6 Å². The van der Waals surface area contributed by atoms with Crippen molar-refractivity contribution in [2.45, 2.75) is 44.9 Å². The van der Waals surface area contributed by atoms with Crippen LogP contribution < -0.4 is 10.6 Å². The van der Waals surface area contributed by atoms with Crippen LogP contribution in [0.2, 0.25) is 0 Å². The summed E-state index contributed by atoms with van der Waals surface area (Å²) in [5.41, 5.74) is 1.70. The summed E-state index contributed by atoms with van der Waals surface area (Å²) in [6.07, 6.45) is 5.73. The predicted octanol–water partition coefficient (Wildman–Crippen LogP) is 2.34. The molecule has 166 valence electrons. The molecule has 4 N–H and O–H groups in total. The fourth-order valence-electron chi connectivity index (χ4n) is 3.79. The highest BCUT2D eigenvalue weighted by Gasteiger charge is 2.34. The first-order chi connectivity index (χ1) is 15.0. The number of carbonyl (C=O) groups excluding carboxylic acids is 1. The summed E-state index contributed by atoms with van der Waals surface area (Å²) < 4.78 is 5.68. The molecule has 0 aromatic carbocycles. The number of aromatic nitrogens is 4. The van der Waals surface area contributed by atoms with Crippen LogP contribution in [0.5, 0.6) is 0 Å². The highest BCUT2D eigenvalue weighted by Crippen LogP contribution is 2.30. The Kier molecular flexibility index (Phi) is 7.90. The normalized spacial score (nSPS) is 20.5. The van der Waals surface area contributed by atoms with Crippen LogP contribution in [-0.4, -0.2) is 56.7 Å². The van der Waals surface area contributed by atoms with Gasteiger partial charge in [-0.15, -0.1) is 11.3 Å². The minimum atomic E-state index is -0.250. The van der Waals surface area contributed by atoms with Crippen LogP contribution in [0.4, 0.5) is 5.82 Å². The second-order valence-electron chi connectivity index (χ2n) is 7.18. The summed E-state index contributed by atoms with van der Waals surface area (Å²) in [5.74, 6) is 0.769. The maximum atomic E-state index is 12.7. The Bertz CT molecular complexity index is 1010. The predicted molar refractivity (Wildman–Crippen MR) is 117 cm³/mol. The maximum absolute atomic E-state index is 12.7. The number of hydrogen-bond acceptors (Lipinski definition) is 8. The SMILES string of the molecule is CO[C@@H]1CC[C@H](C(=O)NCc2csc(C)n2)C[C@H]1Nc1ncnc2[nH]ccc12.O=CO. The van der Waals surface area contributed by atoms with Crippen LogP contribution in [0.1, 0.15) is 30.0 Å². The van der Waals surface area contributed by atoms with E-state index in [0.717, 1.165) is 40.4 Å². The number of rotatable bonds is 6. The molecule has 1 amide bonds. The van der Waals surface area contributed by atoms with Crippen LogP contribution in [0.25, 0.3) is 11.0 Å². The second kappa shape index (κ2) is 10.8. The van der Waals surface area contributed by atoms with Gasteiger partial charge in [0.25, 0.3) is 6.47 Å². The fourth-order valence-corrected chi connectivity index (χ4v) is 4.40. The molecule has 1 saturated carbocycles. The minimum Gasteiger partial charge on any atom is -0.483 e. The van der Waals surface area contributed by atoms with Gasteiger partial charge in [0.05, 0.1) is 34.8 Å². The lowest BCUT2D eigenvalue weighted by Gasteiger charge is -2.35. The number of carboxylic acid groups (broad SMARTS) is 1. The van der Waals surface area contributed by atoms with E-state index >= 15 is 0 Å². The monoisotopic (exact) mass is 446 g/mol. The minimum absolute atomic E-state index is 0.00372. The van der Waals surface area contributed by atoms with E-state index in [9.17, 15) is 4.79 Å². The van der Waals surface area contributed by atoms with Gasteiger partial charge in [-0.2, -0.15) is 0 Å². The Hall–Kier alpha value is -3.05. The zero-order valence-corrected chi connectivity index (χ0v) is 18.2. The quantitative estimate of drug-likeness (QED) is 0.423. The third kappa shape index (κ3) is 5.76. The van der Waals surface area contributed by atoms with Crippen molar-refractivity contribution in [3.05, 3.63) is 34.7 Å². The van der Waals surface area contributed by atoms with E-state index in [2.05, 4.69) is 30.6 Å². The van der Waals surface area contributed by atoms with Crippen molar-refractivity contribution in [1.29, 1.82) is 0 Å². The molecular weight excluding hydrogens is 420 g/mol. The third-order valence-corrected chi connectivity index (χ3v) is 6.07. The Balaban J connectivity index is 0.000000858. The van der Waals surface area contributed by atoms with Gasteiger partial charge in [0.15, 0.2) is 0 Å². The highest BCUT2D eigenvalue weighted by atomic mass is 32.1. The van der Waals surface area contributed by atoms with Gasteiger partial charge in [-0.05, 0) is 32.3 Å². The van der Waals surface area contributed by atoms with E-state index < -0.39 is 0 Å². The van der Waals surface area contributed by atoms with Gasteiger partial charge < -0.3 is 25.5 Å². The number of aromatic amines is 1. The second-order valence-corrected chi connectivity index (χ2v) is 8.24. The Morgan fingerprint density at radius 3 is 2.94 bits per heavy atom. The van der Waals surface area contributed by atoms with Gasteiger partial charge in [0, 0.05) is 24.6 Å². The number of nitrogens with zero attached hydrogens (tertiary/aromatic N) is 3. The highest BCUT2D eigenvalue weighted by molar-refractivity contribution is 7.09. The third-order valence-electron chi connectivity index (χ3n) is 5.25. The van der Waals surface area contributed by atoms with E-state index in [-0.39, 0.29) is 30.4 Å². The van der Waals surface area contributed by atoms with Crippen molar-refractivity contribution < 1.29 is 19.4 Å². The number of H-pyrrole nitrogens is 1. The molecule has 3 aromatic heterocycles. The molecule has 10 nitrogen and oxygen atoms in total. The van der Waals surface area contributed by atoms with E-state index in [4.69, 9.17) is 14.6 Å². The van der Waals surface area contributed by atoms with Crippen molar-refractivity contribution in [3.63, 3.8) is 0 Å². The number of methoxy groups -OCH3 is 1. The van der Waals surface area contributed by atoms with Gasteiger partial charge in [-0.25, -0.2) is 15.0 Å². The van der Waals surface area contributed by atoms with Crippen LogP contribution in [0, 0.1) is 12.8 Å². The lowest BCUT2D eigenvalue weighted by Crippen LogP contribution is -2.45. The summed E-state index contributed by atoms with van der Waals surface area (Å²) >= 11 is 1.59. The molecule has 11 heteroatoms. The topological polar surface area (TPSA) is 142 Å². The average Bonchev–Trinajstić information content (AvgIpc) is 3.42. The summed E-state index contributed by atoms with van der Waals surface area (Å²) in [5, 5.41) is 17.3. The van der Waals surface area contributed by atoms with E-state index in [1.54, 1.807) is 18.4 Å². The van der Waals surface area contributed by atoms with Gasteiger partial charge in [0.1, 0.15) is 17.8 Å². The van der Waals surface area contributed by atoms with Crippen molar-refractivity contribution in [2.24, 2.45) is 5.92 Å². The Morgan fingerprint density at radius 2 is 2.23 bits per heavy atom. The summed E-state index contributed by atoms with van der Waals surface area (Å²) in [6, 6.07) is 1.95. The van der Waals surface area contributed by atoms with Crippen LogP contribution >= 0.6 is 11.3 Å². The molecule has 0 aliphatic heterocycles. The molecule has 3 heterocycles. The molecule has 1 fully saturated rings. The van der Waals surface area contributed by atoms with Crippen molar-refractivity contribution >= 4 is 40.6 Å². The Morgan fingerprint density at radius 1 is 1.42 bits per heavy atom. The number of amides is 1. The molecule has 0 saturated heterocycles. The fraction of sp³-hybridized carbons (Fsp3) is 0.450. The zero-order valence-electron chi connectivity index (χ0n) is 17.4. The van der Waals surface area contributed by atoms with E-state index in [1.165, 1.54) is 6.33 Å². The standard InChI is InChI=1S/C19H24N6O2S.CH2O2/c1-11-24-13(9-28-11)8-21-19(26)12-3-4-16(27-2)15(7-12)25-18-14-5-6-20-17(14)22-10-23-18;2-1-3/h5-6,9-10,12,15-16H,3-4,7-8H2,1-2H3,(H,21,26)(H2,20,22,23,25);1H,(H,2,3)/t12-,15+,16+;/m0./s1. The Labute approximate surface area is 183 Å². The molecule has 4 rings (SSSR count). The van der Waals surface area contributed by atoms with Gasteiger partial charge in [0.2, 0.25) is 5.91 Å². The number of hydrogen-bond donors (Lipinski definition) is 4. The first-order valence-electron chi connectivity index (χ1n) is 9.89. The molecule has 3 aromatic rings. The molecule has 31 heavy (non-hydrogen) atoms. The first kappa shape index (κ1) is 22.6. The van der Waals surface area contributed by atoms with Crippen molar-refractivity contribution in [2.75, 3.05) is 12.4 Å². The van der Waals surface area contributed by atoms with Crippen molar-refractivity contribution in [3.8, 4) is 0 Å². The average molecular weight is 447 g/mol. The number of aryl methyl sites for hydroxylation is 1. The summed E-state index contributed by atoms with van der Waals surface area (Å²) in [4.78, 5) is 37.2. The smallest absolute Gasteiger partial charge is 0.290 e. The van der Waals surface area contributed by atoms with Gasteiger partial charge >= 0.3 is 0 Å². The van der Waals surface area contributed by atoms with Crippen molar-refractivity contribution in [1.82, 2.24) is 25.3 Å². The molecule has 0 unspecified atom stereocenters. The number of fused-ring (bicyclic) bond motifs is 1. The zero-order chi connectivity index (χ0) is 22.2. The first-order valence-corrected chi connectivity index (χ1v) is 10.8. The lowest BCUT2D eigenvalue weighted by molar-refractivity contribution is -0.127. The van der Waals surface area contributed by atoms with Crippen LogP contribution in [0.15, 0.2) is 24.0 Å². The van der Waals surface area contributed by atoms with Gasteiger partial charge in [-0.1, -0.05) is 0 Å². The molecule has 0 radical (unpaired) electrons. The molecule has 1 aliphatic carbocycles. The maximum Gasteiger partial charge on any atom is 0.290 e. The number of anilines is 1. The molecule has 1 aliphatic rings. The van der Waals surface area contributed by atoms with Crippen LogP contribution in [-0.2, 0) is 20.9 Å².